The molecule has 0 amide bonds. The number of ether oxygens (including phenoxy) is 2. The third-order valence-electron chi connectivity index (χ3n) is 12.6. The number of hydrogen-bond donors (Lipinski definition) is 1. The van der Waals surface area contributed by atoms with Gasteiger partial charge in [-0.2, -0.15) is 0 Å². The number of rotatable bonds is 55. The third kappa shape index (κ3) is 62.8. The van der Waals surface area contributed by atoms with E-state index in [-0.39, 0.29) is 26.1 Å². The number of carbonyl (C=O) groups excluding carboxylic acids is 2. The topological polar surface area (TPSA) is 108 Å². The summed E-state index contributed by atoms with van der Waals surface area (Å²) in [6.07, 6.45) is 89.0. The molecule has 0 aromatic rings. The molecule has 0 aromatic heterocycles. The first-order valence-corrected chi connectivity index (χ1v) is 32.7. The summed E-state index contributed by atoms with van der Waals surface area (Å²) in [6.45, 7) is 4.14. The summed E-state index contributed by atoms with van der Waals surface area (Å²) in [5.74, 6) is -0.848. The summed E-state index contributed by atoms with van der Waals surface area (Å²) >= 11 is 0. The summed E-state index contributed by atoms with van der Waals surface area (Å²) in [5.41, 5.74) is 0. The Labute approximate surface area is 490 Å². The zero-order valence-electron chi connectivity index (χ0n) is 51.2. The van der Waals surface area contributed by atoms with Crippen molar-refractivity contribution in [2.24, 2.45) is 0 Å². The Morgan fingerprint density at radius 3 is 1.01 bits per heavy atom. The first-order valence-electron chi connectivity index (χ1n) is 31.2. The number of allylic oxidation sites excluding steroid dienone is 26. The van der Waals surface area contributed by atoms with E-state index in [1.165, 1.54) is 51.4 Å². The van der Waals surface area contributed by atoms with E-state index in [0.717, 1.165) is 128 Å². The number of nitrogens with zero attached hydrogens (tertiary/aromatic N) is 1. The maximum atomic E-state index is 12.8. The lowest BCUT2D eigenvalue weighted by Gasteiger charge is -2.24. The van der Waals surface area contributed by atoms with E-state index >= 15 is 0 Å². The van der Waals surface area contributed by atoms with E-state index in [1.54, 1.807) is 0 Å². The van der Waals surface area contributed by atoms with Crippen molar-refractivity contribution in [3.8, 4) is 0 Å². The van der Waals surface area contributed by atoms with Crippen molar-refractivity contribution in [2.75, 3.05) is 47.5 Å². The van der Waals surface area contributed by atoms with Crippen LogP contribution in [0, 0.1) is 0 Å². The Balaban J connectivity index is 4.15. The zero-order valence-corrected chi connectivity index (χ0v) is 52.1. The summed E-state index contributed by atoms with van der Waals surface area (Å²) < 4.78 is 34.6. The van der Waals surface area contributed by atoms with Gasteiger partial charge < -0.3 is 18.9 Å². The zero-order chi connectivity index (χ0) is 58.4. The number of phosphoric ester groups is 1. The molecule has 1 N–H and O–H groups in total. The predicted octanol–water partition coefficient (Wildman–Crippen LogP) is 20.0. The minimum Gasteiger partial charge on any atom is -0.462 e. The summed E-state index contributed by atoms with van der Waals surface area (Å²) in [7, 11) is 1.44. The Morgan fingerprint density at radius 2 is 0.675 bits per heavy atom. The average molecular weight is 1130 g/mol. The fourth-order valence-electron chi connectivity index (χ4n) is 7.82. The van der Waals surface area contributed by atoms with Gasteiger partial charge in [-0.25, -0.2) is 4.57 Å². The number of carbonyl (C=O) groups is 2. The second-order valence-corrected chi connectivity index (χ2v) is 22.8. The van der Waals surface area contributed by atoms with Crippen LogP contribution in [0.4, 0.5) is 0 Å². The number of phosphoric acid groups is 1. The summed E-state index contributed by atoms with van der Waals surface area (Å²) in [4.78, 5) is 35.7. The van der Waals surface area contributed by atoms with Gasteiger partial charge in [0.1, 0.15) is 19.8 Å². The molecule has 0 rings (SSSR count). The first-order chi connectivity index (χ1) is 39.0. The minimum absolute atomic E-state index is 0.0175. The maximum Gasteiger partial charge on any atom is 0.472 e. The largest absolute Gasteiger partial charge is 0.472 e. The van der Waals surface area contributed by atoms with Crippen molar-refractivity contribution in [3.63, 3.8) is 0 Å². The van der Waals surface area contributed by atoms with Gasteiger partial charge in [0.25, 0.3) is 0 Å². The normalized spacial score (nSPS) is 14.3. The third-order valence-corrected chi connectivity index (χ3v) is 13.5. The highest BCUT2D eigenvalue weighted by molar-refractivity contribution is 7.47. The highest BCUT2D eigenvalue weighted by Gasteiger charge is 2.27. The molecule has 80 heavy (non-hydrogen) atoms. The summed E-state index contributed by atoms with van der Waals surface area (Å²) in [5, 5.41) is 0. The van der Waals surface area contributed by atoms with Crippen LogP contribution in [0.1, 0.15) is 219 Å². The van der Waals surface area contributed by atoms with E-state index in [9.17, 15) is 19.0 Å². The maximum absolute atomic E-state index is 12.8. The molecule has 0 fully saturated rings. The monoisotopic (exact) mass is 1130 g/mol. The number of unbranched alkanes of at least 4 members (excludes halogenated alkanes) is 15. The van der Waals surface area contributed by atoms with E-state index < -0.39 is 32.5 Å². The molecule has 0 heterocycles. The van der Waals surface area contributed by atoms with Gasteiger partial charge in [-0.1, -0.05) is 242 Å². The van der Waals surface area contributed by atoms with Crippen molar-refractivity contribution >= 4 is 19.8 Å². The smallest absolute Gasteiger partial charge is 0.462 e. The lowest BCUT2D eigenvalue weighted by Crippen LogP contribution is -2.37. The van der Waals surface area contributed by atoms with Gasteiger partial charge in [-0.05, 0) is 122 Å². The molecule has 0 saturated heterocycles. The molecule has 0 aromatic carbocycles. The van der Waals surface area contributed by atoms with E-state index in [4.69, 9.17) is 18.5 Å². The van der Waals surface area contributed by atoms with Crippen LogP contribution in [0.3, 0.4) is 0 Å². The van der Waals surface area contributed by atoms with Gasteiger partial charge in [-0.3, -0.25) is 18.6 Å². The van der Waals surface area contributed by atoms with Crippen LogP contribution >= 0.6 is 7.82 Å². The molecule has 0 aliphatic rings. The Kier molecular flexibility index (Phi) is 56.0. The van der Waals surface area contributed by atoms with Crippen LogP contribution < -0.4 is 0 Å². The quantitative estimate of drug-likeness (QED) is 0.0211. The Bertz CT molecular complexity index is 1900. The molecule has 0 saturated carbocycles. The second-order valence-electron chi connectivity index (χ2n) is 21.3. The van der Waals surface area contributed by atoms with Gasteiger partial charge in [0, 0.05) is 12.8 Å². The molecule has 0 bridgehead atoms. The summed E-state index contributed by atoms with van der Waals surface area (Å²) in [6, 6.07) is 0. The van der Waals surface area contributed by atoms with Crippen molar-refractivity contribution in [1.29, 1.82) is 0 Å². The highest BCUT2D eigenvalue weighted by atomic mass is 31.2. The van der Waals surface area contributed by atoms with Crippen LogP contribution in [0.25, 0.3) is 0 Å². The molecule has 0 radical (unpaired) electrons. The fraction of sp³-hybridized carbons (Fsp3) is 0.600. The molecule has 0 aliphatic carbocycles. The van der Waals surface area contributed by atoms with E-state index in [2.05, 4.69) is 172 Å². The molecule has 0 spiro atoms. The Hall–Kier alpha value is -4.37. The minimum atomic E-state index is -4.41. The van der Waals surface area contributed by atoms with Crippen LogP contribution in [0.5, 0.6) is 0 Å². The SMILES string of the molecule is CC/C=C\C/C=C\C/C=C\C/C=C\C/C=C\C/C=C\C/C=C\C/C=C\CCCCCCCCCCCCCCC(=O)OC(COC(=O)CCCCC/C=C\C/C=C\C/C=C\C/C=C\C/C=C\CC)COP(=O)(O)OCC[N+](C)(C)C. The van der Waals surface area contributed by atoms with Crippen molar-refractivity contribution < 1.29 is 42.1 Å². The standard InChI is InChI=1S/C70H114NO8P/c1-6-8-10-12-14-16-18-20-22-24-26-27-28-29-30-31-32-33-34-35-36-37-38-39-40-41-42-43-45-47-49-51-53-55-57-59-61-63-70(73)79-68(67-78-80(74,75)77-65-64-71(3,4)5)66-76-69(72)62-60-58-56-54-52-50-48-46-44-25-23-21-19-17-15-13-11-9-7-2/h8-11,14-17,20-23,26-27,29-30,32-33,35-36,38-39,44,46,50,52,68H,6-7,12-13,18-19,24-25,28,31,34,37,40-43,45,47-49,51,53-67H2,1-5H3/p+1/b10-8-,11-9-,16-14-,17-15-,22-20-,23-21-,27-26-,30-29-,33-32-,36-35-,39-38-,46-44-,52-50-. The van der Waals surface area contributed by atoms with E-state index in [0.29, 0.717) is 23.9 Å². The average Bonchev–Trinajstić information content (AvgIpc) is 3.42. The van der Waals surface area contributed by atoms with Crippen molar-refractivity contribution in [1.82, 2.24) is 0 Å². The van der Waals surface area contributed by atoms with Crippen LogP contribution in [0.15, 0.2) is 158 Å². The molecule has 2 unspecified atom stereocenters. The molecular weight excluding hydrogens is 1010 g/mol. The van der Waals surface area contributed by atoms with Gasteiger partial charge in [-0.15, -0.1) is 0 Å². The number of hydrogen-bond acceptors (Lipinski definition) is 7. The number of likely N-dealkylation sites (N-methyl/N-ethyl adjacent to an activating group) is 1. The van der Waals surface area contributed by atoms with Gasteiger partial charge in [0.05, 0.1) is 27.7 Å². The first kappa shape index (κ1) is 75.6. The van der Waals surface area contributed by atoms with Crippen molar-refractivity contribution in [3.05, 3.63) is 158 Å². The lowest BCUT2D eigenvalue weighted by molar-refractivity contribution is -0.870. The van der Waals surface area contributed by atoms with Crippen LogP contribution in [0.2, 0.25) is 0 Å². The molecule has 0 aliphatic heterocycles. The van der Waals surface area contributed by atoms with Crippen molar-refractivity contribution in [2.45, 2.75) is 225 Å². The highest BCUT2D eigenvalue weighted by Crippen LogP contribution is 2.43. The lowest BCUT2D eigenvalue weighted by atomic mass is 10.0. The molecule has 9 nitrogen and oxygen atoms in total. The number of esters is 2. The molecular formula is C70H115NO8P+. The molecule has 10 heteroatoms. The van der Waals surface area contributed by atoms with Gasteiger partial charge in [0.2, 0.25) is 0 Å². The van der Waals surface area contributed by atoms with Gasteiger partial charge in [0.15, 0.2) is 6.10 Å². The molecule has 2 atom stereocenters. The second kappa shape index (κ2) is 59.3. The van der Waals surface area contributed by atoms with Crippen LogP contribution in [-0.4, -0.2) is 74.9 Å². The van der Waals surface area contributed by atoms with E-state index in [1.807, 2.05) is 21.1 Å². The fourth-order valence-corrected chi connectivity index (χ4v) is 8.56. The molecule has 452 valence electrons. The van der Waals surface area contributed by atoms with Gasteiger partial charge >= 0.3 is 19.8 Å². The predicted molar refractivity (Wildman–Crippen MR) is 343 cm³/mol. The van der Waals surface area contributed by atoms with Crippen LogP contribution in [-0.2, 0) is 32.7 Å². The Morgan fingerprint density at radius 1 is 0.388 bits per heavy atom. The number of quaternary nitrogens is 1.